The van der Waals surface area contributed by atoms with Gasteiger partial charge in [0.1, 0.15) is 0 Å². The first-order valence-corrected chi connectivity index (χ1v) is 15.7. The fourth-order valence-corrected chi connectivity index (χ4v) is 7.79. The molecule has 0 fully saturated rings. The molecule has 2 heteroatoms. The van der Waals surface area contributed by atoms with Crippen LogP contribution in [0.4, 0.5) is 17.1 Å². The van der Waals surface area contributed by atoms with E-state index in [0.717, 1.165) is 17.1 Å². The minimum Gasteiger partial charge on any atom is -0.310 e. The van der Waals surface area contributed by atoms with Gasteiger partial charge in [0.25, 0.3) is 0 Å². The molecule has 0 unspecified atom stereocenters. The number of benzene rings is 7. The van der Waals surface area contributed by atoms with E-state index in [1.165, 1.54) is 55.6 Å². The zero-order chi connectivity index (χ0) is 30.7. The lowest BCUT2D eigenvalue weighted by atomic mass is 9.70. The molecule has 1 spiro atoms. The zero-order valence-electron chi connectivity index (χ0n) is 25.1. The van der Waals surface area contributed by atoms with Gasteiger partial charge in [-0.05, 0) is 104 Å². The summed E-state index contributed by atoms with van der Waals surface area (Å²) in [5, 5.41) is 9.55. The minimum atomic E-state index is -0.414. The monoisotopic (exact) mass is 584 g/mol. The molecule has 0 saturated carbocycles. The predicted octanol–water partition coefficient (Wildman–Crippen LogP) is 11.0. The summed E-state index contributed by atoms with van der Waals surface area (Å²) < 4.78 is 0. The molecule has 0 heterocycles. The average molecular weight is 585 g/mol. The Hall–Kier alpha value is -6.17. The first kappa shape index (κ1) is 26.3. The molecule has 0 N–H and O–H groups in total. The molecule has 0 saturated heterocycles. The quantitative estimate of drug-likeness (QED) is 0.206. The average Bonchev–Trinajstić information content (AvgIpc) is 3.60. The van der Waals surface area contributed by atoms with Gasteiger partial charge in [-0.15, -0.1) is 0 Å². The highest BCUT2D eigenvalue weighted by atomic mass is 15.1. The predicted molar refractivity (Wildman–Crippen MR) is 188 cm³/mol. The Morgan fingerprint density at radius 2 is 0.826 bits per heavy atom. The van der Waals surface area contributed by atoms with Crippen LogP contribution in [-0.2, 0) is 5.41 Å². The molecule has 2 aliphatic rings. The third-order valence-corrected chi connectivity index (χ3v) is 9.73. The lowest BCUT2D eigenvalue weighted by molar-refractivity contribution is 0.793. The first-order chi connectivity index (χ1) is 22.8. The first-order valence-electron chi connectivity index (χ1n) is 15.7. The summed E-state index contributed by atoms with van der Waals surface area (Å²) in [4.78, 5) is 2.31. The lowest BCUT2D eigenvalue weighted by Gasteiger charge is -2.32. The standard InChI is InChI=1S/C44H28N2/c45-29-30-18-22-33(23-19-30)46(34-24-20-32(21-25-34)31-10-2-1-3-11-31)35-26-27-39-38-14-6-9-17-42(38)44(43(39)28-35)40-15-7-4-12-36(40)37-13-5-8-16-41(37)44/h1-28H. The van der Waals surface area contributed by atoms with E-state index in [2.05, 4.69) is 150 Å². The maximum atomic E-state index is 9.55. The van der Waals surface area contributed by atoms with Crippen LogP contribution < -0.4 is 4.90 Å². The Bertz CT molecular complexity index is 2250. The molecule has 7 aromatic carbocycles. The maximum absolute atomic E-state index is 9.55. The Morgan fingerprint density at radius 1 is 0.391 bits per heavy atom. The topological polar surface area (TPSA) is 27.0 Å². The van der Waals surface area contributed by atoms with Gasteiger partial charge in [-0.3, -0.25) is 0 Å². The number of hydrogen-bond acceptors (Lipinski definition) is 2. The van der Waals surface area contributed by atoms with Crippen LogP contribution in [0, 0.1) is 11.3 Å². The highest BCUT2D eigenvalue weighted by Gasteiger charge is 2.51. The number of rotatable bonds is 4. The van der Waals surface area contributed by atoms with Gasteiger partial charge in [0, 0.05) is 17.1 Å². The SMILES string of the molecule is N#Cc1ccc(N(c2ccc(-c3ccccc3)cc2)c2ccc3c(c2)C2(c4ccccc4-c4ccccc42)c2ccccc2-3)cc1. The summed E-state index contributed by atoms with van der Waals surface area (Å²) in [5.74, 6) is 0. The van der Waals surface area contributed by atoms with E-state index < -0.39 is 5.41 Å². The second-order valence-corrected chi connectivity index (χ2v) is 12.0. The zero-order valence-corrected chi connectivity index (χ0v) is 25.1. The van der Waals surface area contributed by atoms with Crippen molar-refractivity contribution in [3.63, 3.8) is 0 Å². The Labute approximate surface area is 269 Å². The van der Waals surface area contributed by atoms with Crippen LogP contribution in [0.5, 0.6) is 0 Å². The smallest absolute Gasteiger partial charge is 0.0991 e. The number of hydrogen-bond donors (Lipinski definition) is 0. The molecule has 46 heavy (non-hydrogen) atoms. The van der Waals surface area contributed by atoms with E-state index in [-0.39, 0.29) is 0 Å². The molecule has 9 rings (SSSR count). The van der Waals surface area contributed by atoms with Crippen molar-refractivity contribution >= 4 is 17.1 Å². The van der Waals surface area contributed by atoms with Crippen molar-refractivity contribution in [2.24, 2.45) is 0 Å². The van der Waals surface area contributed by atoms with Gasteiger partial charge in [0.05, 0.1) is 17.0 Å². The molecule has 0 bridgehead atoms. The fourth-order valence-electron chi connectivity index (χ4n) is 7.79. The Morgan fingerprint density at radius 3 is 1.37 bits per heavy atom. The van der Waals surface area contributed by atoms with Gasteiger partial charge < -0.3 is 4.90 Å². The van der Waals surface area contributed by atoms with Crippen molar-refractivity contribution < 1.29 is 0 Å². The van der Waals surface area contributed by atoms with E-state index in [1.807, 2.05) is 30.3 Å². The van der Waals surface area contributed by atoms with Crippen molar-refractivity contribution in [3.8, 4) is 39.4 Å². The van der Waals surface area contributed by atoms with E-state index >= 15 is 0 Å². The van der Waals surface area contributed by atoms with Gasteiger partial charge in [0.15, 0.2) is 0 Å². The summed E-state index contributed by atoms with van der Waals surface area (Å²) in [6.07, 6.45) is 0. The van der Waals surface area contributed by atoms with Crippen molar-refractivity contribution in [1.29, 1.82) is 5.26 Å². The highest BCUT2D eigenvalue weighted by molar-refractivity contribution is 5.96. The summed E-state index contributed by atoms with van der Waals surface area (Å²) in [7, 11) is 0. The molecule has 0 atom stereocenters. The molecule has 0 aromatic heterocycles. The van der Waals surface area contributed by atoms with Crippen LogP contribution in [0.25, 0.3) is 33.4 Å². The molecule has 2 nitrogen and oxygen atoms in total. The molecule has 0 amide bonds. The third-order valence-electron chi connectivity index (χ3n) is 9.73. The van der Waals surface area contributed by atoms with Crippen LogP contribution >= 0.6 is 0 Å². The van der Waals surface area contributed by atoms with Gasteiger partial charge in [-0.1, -0.05) is 121 Å². The molecular formula is C44H28N2. The molecule has 0 aliphatic heterocycles. The number of anilines is 3. The lowest BCUT2D eigenvalue weighted by Crippen LogP contribution is -2.26. The van der Waals surface area contributed by atoms with E-state index in [9.17, 15) is 5.26 Å². The van der Waals surface area contributed by atoms with E-state index in [0.29, 0.717) is 5.56 Å². The summed E-state index contributed by atoms with van der Waals surface area (Å²) in [6.45, 7) is 0. The number of fused-ring (bicyclic) bond motifs is 10. The van der Waals surface area contributed by atoms with Crippen molar-refractivity contribution in [2.75, 3.05) is 4.90 Å². The molecule has 2 aliphatic carbocycles. The van der Waals surface area contributed by atoms with E-state index in [4.69, 9.17) is 0 Å². The molecule has 214 valence electrons. The van der Waals surface area contributed by atoms with Crippen LogP contribution in [0.1, 0.15) is 27.8 Å². The van der Waals surface area contributed by atoms with E-state index in [1.54, 1.807) is 0 Å². The normalized spacial score (nSPS) is 12.9. The minimum absolute atomic E-state index is 0.414. The van der Waals surface area contributed by atoms with Crippen LogP contribution in [0.2, 0.25) is 0 Å². The summed E-state index contributed by atoms with van der Waals surface area (Å²) in [6, 6.07) is 63.1. The van der Waals surface area contributed by atoms with Crippen molar-refractivity contribution in [2.45, 2.75) is 5.41 Å². The molecular weight excluding hydrogens is 556 g/mol. The third kappa shape index (κ3) is 3.70. The van der Waals surface area contributed by atoms with Crippen LogP contribution in [0.15, 0.2) is 170 Å². The van der Waals surface area contributed by atoms with Crippen molar-refractivity contribution in [1.82, 2.24) is 0 Å². The van der Waals surface area contributed by atoms with Gasteiger partial charge in [0.2, 0.25) is 0 Å². The second kappa shape index (κ2) is 10.2. The molecule has 7 aromatic rings. The van der Waals surface area contributed by atoms with Gasteiger partial charge in [-0.2, -0.15) is 5.26 Å². The fraction of sp³-hybridized carbons (Fsp3) is 0.0227. The second-order valence-electron chi connectivity index (χ2n) is 12.0. The maximum Gasteiger partial charge on any atom is 0.0991 e. The number of nitriles is 1. The summed E-state index contributed by atoms with van der Waals surface area (Å²) >= 11 is 0. The Balaban J connectivity index is 1.28. The van der Waals surface area contributed by atoms with Gasteiger partial charge in [-0.25, -0.2) is 0 Å². The van der Waals surface area contributed by atoms with Gasteiger partial charge >= 0.3 is 0 Å². The number of nitrogens with zero attached hydrogens (tertiary/aromatic N) is 2. The van der Waals surface area contributed by atoms with Crippen LogP contribution in [-0.4, -0.2) is 0 Å². The van der Waals surface area contributed by atoms with Crippen molar-refractivity contribution in [3.05, 3.63) is 198 Å². The highest BCUT2D eigenvalue weighted by Crippen LogP contribution is 2.63. The van der Waals surface area contributed by atoms with Crippen LogP contribution in [0.3, 0.4) is 0 Å². The molecule has 0 radical (unpaired) electrons. The largest absolute Gasteiger partial charge is 0.310 e. The summed E-state index contributed by atoms with van der Waals surface area (Å²) in [5.41, 5.74) is 16.2. The Kier molecular flexibility index (Phi) is 5.82.